The van der Waals surface area contributed by atoms with Crippen LogP contribution in [0.4, 0.5) is 11.5 Å². The van der Waals surface area contributed by atoms with E-state index in [1.807, 2.05) is 12.1 Å². The molecule has 6 heteroatoms. The van der Waals surface area contributed by atoms with E-state index in [2.05, 4.69) is 15.6 Å². The number of carbonyl (C=O) groups is 1. The molecule has 0 fully saturated rings. The van der Waals surface area contributed by atoms with Crippen LogP contribution in [0.1, 0.15) is 16.8 Å². The van der Waals surface area contributed by atoms with E-state index in [9.17, 15) is 4.79 Å². The maximum absolute atomic E-state index is 12.1. The highest BCUT2D eigenvalue weighted by Crippen LogP contribution is 2.14. The average Bonchev–Trinajstić information content (AvgIpc) is 2.60. The molecule has 0 saturated carbocycles. The molecule has 0 radical (unpaired) electrons. The molecule has 0 aliphatic heterocycles. The number of carbonyl (C=O) groups excluding carboxylic acids is 1. The lowest BCUT2D eigenvalue weighted by molar-refractivity contribution is 0.102. The Morgan fingerprint density at radius 1 is 1.13 bits per heavy atom. The highest BCUT2D eigenvalue weighted by molar-refractivity contribution is 6.04. The second-order valence-corrected chi connectivity index (χ2v) is 4.89. The summed E-state index contributed by atoms with van der Waals surface area (Å²) in [6.07, 6.45) is 2.54. The lowest BCUT2D eigenvalue weighted by atomic mass is 10.2. The molecule has 2 rings (SSSR count). The Labute approximate surface area is 135 Å². The van der Waals surface area contributed by atoms with Crippen molar-refractivity contribution in [2.45, 2.75) is 6.42 Å². The highest BCUT2D eigenvalue weighted by atomic mass is 16.5. The third kappa shape index (κ3) is 5.27. The normalized spacial score (nSPS) is 10.2. The Balaban J connectivity index is 1.88. The van der Waals surface area contributed by atoms with Gasteiger partial charge in [-0.15, -0.1) is 0 Å². The van der Waals surface area contributed by atoms with Gasteiger partial charge in [-0.2, -0.15) is 0 Å². The summed E-state index contributed by atoms with van der Waals surface area (Å²) in [6.45, 7) is 1.50. The molecule has 6 nitrogen and oxygen atoms in total. The van der Waals surface area contributed by atoms with E-state index in [1.165, 1.54) is 0 Å². The number of amides is 1. The molecule has 1 aromatic heterocycles. The van der Waals surface area contributed by atoms with E-state index in [-0.39, 0.29) is 5.91 Å². The van der Waals surface area contributed by atoms with Crippen LogP contribution in [0.5, 0.6) is 5.75 Å². The first-order valence-corrected chi connectivity index (χ1v) is 7.37. The number of ether oxygens (including phenoxy) is 2. The SMILES string of the molecule is COCCCNc1ccc(NC(=O)c2ccc(OC)cc2)cn1. The minimum absolute atomic E-state index is 0.185. The van der Waals surface area contributed by atoms with Gasteiger partial charge in [0.15, 0.2) is 0 Å². The predicted octanol–water partition coefficient (Wildman–Crippen LogP) is 2.79. The van der Waals surface area contributed by atoms with Gasteiger partial charge in [-0.25, -0.2) is 4.98 Å². The van der Waals surface area contributed by atoms with Gasteiger partial charge in [0.05, 0.1) is 19.0 Å². The summed E-state index contributed by atoms with van der Waals surface area (Å²) in [5.74, 6) is 1.30. The zero-order valence-corrected chi connectivity index (χ0v) is 13.3. The standard InChI is InChI=1S/C17H21N3O3/c1-22-11-3-10-18-16-9-6-14(12-19-16)20-17(21)13-4-7-15(23-2)8-5-13/h4-9,12H,3,10-11H2,1-2H3,(H,18,19)(H,20,21). The van der Waals surface area contributed by atoms with Crippen molar-refractivity contribution >= 4 is 17.4 Å². The van der Waals surface area contributed by atoms with Crippen LogP contribution in [-0.4, -0.2) is 38.3 Å². The molecule has 1 amide bonds. The molecule has 0 saturated heterocycles. The molecule has 23 heavy (non-hydrogen) atoms. The van der Waals surface area contributed by atoms with Gasteiger partial charge in [-0.3, -0.25) is 4.79 Å². The molecule has 122 valence electrons. The van der Waals surface area contributed by atoms with Crippen LogP contribution in [0.25, 0.3) is 0 Å². The zero-order chi connectivity index (χ0) is 16.5. The molecule has 1 aromatic carbocycles. The summed E-state index contributed by atoms with van der Waals surface area (Å²) < 4.78 is 10.1. The number of hydrogen-bond donors (Lipinski definition) is 2. The smallest absolute Gasteiger partial charge is 0.255 e. The highest BCUT2D eigenvalue weighted by Gasteiger charge is 2.06. The first-order valence-electron chi connectivity index (χ1n) is 7.37. The van der Waals surface area contributed by atoms with Crippen LogP contribution in [0.2, 0.25) is 0 Å². The van der Waals surface area contributed by atoms with E-state index in [0.717, 1.165) is 18.8 Å². The molecule has 0 atom stereocenters. The van der Waals surface area contributed by atoms with E-state index < -0.39 is 0 Å². The molecule has 0 aliphatic rings. The molecule has 0 spiro atoms. The predicted molar refractivity (Wildman–Crippen MR) is 90.2 cm³/mol. The van der Waals surface area contributed by atoms with E-state index in [0.29, 0.717) is 23.6 Å². The van der Waals surface area contributed by atoms with Crippen molar-refractivity contribution in [3.8, 4) is 5.75 Å². The van der Waals surface area contributed by atoms with Crippen molar-refractivity contribution < 1.29 is 14.3 Å². The second-order valence-electron chi connectivity index (χ2n) is 4.89. The summed E-state index contributed by atoms with van der Waals surface area (Å²) in [6, 6.07) is 10.6. The average molecular weight is 315 g/mol. The number of nitrogens with one attached hydrogen (secondary N) is 2. The van der Waals surface area contributed by atoms with E-state index in [1.54, 1.807) is 44.7 Å². The van der Waals surface area contributed by atoms with Crippen LogP contribution in [0.3, 0.4) is 0 Å². The van der Waals surface area contributed by atoms with Gasteiger partial charge in [-0.05, 0) is 42.8 Å². The van der Waals surface area contributed by atoms with Crippen molar-refractivity contribution in [3.63, 3.8) is 0 Å². The van der Waals surface area contributed by atoms with Crippen LogP contribution in [0.15, 0.2) is 42.6 Å². The van der Waals surface area contributed by atoms with Gasteiger partial charge < -0.3 is 20.1 Å². The number of hydrogen-bond acceptors (Lipinski definition) is 5. The fraction of sp³-hybridized carbons (Fsp3) is 0.294. The van der Waals surface area contributed by atoms with Gasteiger partial charge >= 0.3 is 0 Å². The van der Waals surface area contributed by atoms with E-state index >= 15 is 0 Å². The lowest BCUT2D eigenvalue weighted by Gasteiger charge is -2.08. The van der Waals surface area contributed by atoms with Gasteiger partial charge in [0.1, 0.15) is 11.6 Å². The summed E-state index contributed by atoms with van der Waals surface area (Å²) >= 11 is 0. The second kappa shape index (κ2) is 8.75. The Bertz CT molecular complexity index is 612. The fourth-order valence-electron chi connectivity index (χ4n) is 1.95. The van der Waals surface area contributed by atoms with Crippen LogP contribution in [-0.2, 0) is 4.74 Å². The number of anilines is 2. The topological polar surface area (TPSA) is 72.5 Å². The maximum atomic E-state index is 12.1. The number of nitrogens with zero attached hydrogens (tertiary/aromatic N) is 1. The third-order valence-electron chi connectivity index (χ3n) is 3.20. The molecule has 0 aliphatic carbocycles. The Morgan fingerprint density at radius 3 is 2.52 bits per heavy atom. The first-order chi connectivity index (χ1) is 11.2. The fourth-order valence-corrected chi connectivity index (χ4v) is 1.95. The quantitative estimate of drug-likeness (QED) is 0.733. The summed E-state index contributed by atoms with van der Waals surface area (Å²) in [4.78, 5) is 16.4. The zero-order valence-electron chi connectivity index (χ0n) is 13.3. The Morgan fingerprint density at radius 2 is 1.91 bits per heavy atom. The van der Waals surface area contributed by atoms with Crippen molar-refractivity contribution in [2.24, 2.45) is 0 Å². The van der Waals surface area contributed by atoms with Crippen molar-refractivity contribution in [2.75, 3.05) is 38.0 Å². The van der Waals surface area contributed by atoms with Crippen molar-refractivity contribution in [1.29, 1.82) is 0 Å². The third-order valence-corrected chi connectivity index (χ3v) is 3.20. The number of pyridine rings is 1. The van der Waals surface area contributed by atoms with Crippen LogP contribution >= 0.6 is 0 Å². The Kier molecular flexibility index (Phi) is 6.38. The van der Waals surface area contributed by atoms with Gasteiger partial charge in [0, 0.05) is 25.8 Å². The molecule has 0 unspecified atom stereocenters. The molecular formula is C17H21N3O3. The minimum Gasteiger partial charge on any atom is -0.497 e. The minimum atomic E-state index is -0.185. The number of rotatable bonds is 8. The molecule has 1 heterocycles. The van der Waals surface area contributed by atoms with E-state index in [4.69, 9.17) is 9.47 Å². The van der Waals surface area contributed by atoms with Gasteiger partial charge in [0.25, 0.3) is 5.91 Å². The van der Waals surface area contributed by atoms with Crippen LogP contribution < -0.4 is 15.4 Å². The van der Waals surface area contributed by atoms with Gasteiger partial charge in [-0.1, -0.05) is 0 Å². The molecule has 0 bridgehead atoms. The lowest BCUT2D eigenvalue weighted by Crippen LogP contribution is -2.12. The largest absolute Gasteiger partial charge is 0.497 e. The summed E-state index contributed by atoms with van der Waals surface area (Å²) in [5.41, 5.74) is 1.21. The van der Waals surface area contributed by atoms with Gasteiger partial charge in [0.2, 0.25) is 0 Å². The number of methoxy groups -OCH3 is 2. The number of benzene rings is 1. The molecular weight excluding hydrogens is 294 g/mol. The molecule has 2 aromatic rings. The number of aromatic nitrogens is 1. The maximum Gasteiger partial charge on any atom is 0.255 e. The first kappa shape index (κ1) is 16.8. The Hall–Kier alpha value is -2.60. The molecule has 2 N–H and O–H groups in total. The van der Waals surface area contributed by atoms with Crippen molar-refractivity contribution in [1.82, 2.24) is 4.98 Å². The summed E-state index contributed by atoms with van der Waals surface area (Å²) in [5, 5.41) is 6.00. The van der Waals surface area contributed by atoms with Crippen molar-refractivity contribution in [3.05, 3.63) is 48.2 Å². The monoisotopic (exact) mass is 315 g/mol. The van der Waals surface area contributed by atoms with Crippen LogP contribution in [0, 0.1) is 0 Å². The summed E-state index contributed by atoms with van der Waals surface area (Å²) in [7, 11) is 3.27.